The van der Waals surface area contributed by atoms with Crippen molar-refractivity contribution in [2.75, 3.05) is 5.32 Å². The van der Waals surface area contributed by atoms with Crippen LogP contribution in [0.4, 0.5) is 14.5 Å². The van der Waals surface area contributed by atoms with Gasteiger partial charge < -0.3 is 10.6 Å². The van der Waals surface area contributed by atoms with Gasteiger partial charge in [0, 0.05) is 35.2 Å². The van der Waals surface area contributed by atoms with Crippen molar-refractivity contribution in [3.05, 3.63) is 65.2 Å². The second-order valence-corrected chi connectivity index (χ2v) is 6.34. The number of hydrogen-bond acceptors (Lipinski definition) is 2. The molecule has 3 rings (SSSR count). The number of nitrogens with one attached hydrogen (secondary N) is 2. The molecule has 2 N–H and O–H groups in total. The molecule has 2 aromatic carbocycles. The molecule has 3 nitrogen and oxygen atoms in total. The third-order valence-corrected chi connectivity index (χ3v) is 4.34. The van der Waals surface area contributed by atoms with Gasteiger partial charge in [-0.3, -0.25) is 4.79 Å². The van der Waals surface area contributed by atoms with Crippen molar-refractivity contribution in [2.45, 2.75) is 30.8 Å². The van der Waals surface area contributed by atoms with E-state index < -0.39 is 18.0 Å². The van der Waals surface area contributed by atoms with Crippen molar-refractivity contribution in [2.24, 2.45) is 0 Å². The monoisotopic (exact) mass is 350 g/mol. The van der Waals surface area contributed by atoms with Gasteiger partial charge in [-0.05, 0) is 18.2 Å². The van der Waals surface area contributed by atoms with Crippen molar-refractivity contribution in [3.63, 3.8) is 0 Å². The van der Waals surface area contributed by atoms with Crippen LogP contribution >= 0.6 is 11.6 Å². The zero-order valence-corrected chi connectivity index (χ0v) is 13.6. The first-order valence-electron chi connectivity index (χ1n) is 7.69. The lowest BCUT2D eigenvalue weighted by atomic mass is 9.88. The van der Waals surface area contributed by atoms with Gasteiger partial charge in [0.1, 0.15) is 6.04 Å². The summed E-state index contributed by atoms with van der Waals surface area (Å²) < 4.78 is 26.0. The highest BCUT2D eigenvalue weighted by atomic mass is 35.5. The number of amides is 1. The summed E-state index contributed by atoms with van der Waals surface area (Å²) in [5.74, 6) is -3.04. The van der Waals surface area contributed by atoms with Gasteiger partial charge in [0.25, 0.3) is 5.92 Å². The van der Waals surface area contributed by atoms with Crippen molar-refractivity contribution in [1.29, 1.82) is 0 Å². The molecule has 1 atom stereocenters. The lowest BCUT2D eigenvalue weighted by Gasteiger charge is -2.36. The van der Waals surface area contributed by atoms with Gasteiger partial charge in [-0.25, -0.2) is 8.78 Å². The van der Waals surface area contributed by atoms with Crippen LogP contribution in [0.1, 0.15) is 24.4 Å². The largest absolute Gasteiger partial charge is 0.370 e. The van der Waals surface area contributed by atoms with Crippen molar-refractivity contribution in [3.8, 4) is 0 Å². The van der Waals surface area contributed by atoms with Crippen LogP contribution < -0.4 is 10.6 Å². The Bertz CT molecular complexity index is 716. The number of carbonyl (C=O) groups excluding carboxylic acids is 1. The highest BCUT2D eigenvalue weighted by Gasteiger charge is 2.46. The molecule has 1 saturated carbocycles. The number of carbonyl (C=O) groups is 1. The van der Waals surface area contributed by atoms with E-state index in [1.54, 1.807) is 24.3 Å². The van der Waals surface area contributed by atoms with E-state index in [4.69, 9.17) is 11.6 Å². The summed E-state index contributed by atoms with van der Waals surface area (Å²) in [5.41, 5.74) is 1.35. The maximum atomic E-state index is 13.0. The van der Waals surface area contributed by atoms with E-state index in [1.165, 1.54) is 0 Å². The number of hydrogen-bond donors (Lipinski definition) is 2. The molecule has 1 aliphatic carbocycles. The molecular formula is C18H17ClF2N2O. The predicted molar refractivity (Wildman–Crippen MR) is 90.4 cm³/mol. The molecule has 0 aromatic heterocycles. The number of alkyl halides is 2. The summed E-state index contributed by atoms with van der Waals surface area (Å²) in [7, 11) is 0. The van der Waals surface area contributed by atoms with Crippen molar-refractivity contribution in [1.82, 2.24) is 5.32 Å². The minimum Gasteiger partial charge on any atom is -0.370 e. The average molecular weight is 351 g/mol. The topological polar surface area (TPSA) is 41.1 Å². The molecule has 0 spiro atoms. The summed E-state index contributed by atoms with van der Waals surface area (Å²) in [5, 5.41) is 6.25. The molecule has 1 aliphatic rings. The molecule has 1 unspecified atom stereocenters. The second-order valence-electron chi connectivity index (χ2n) is 5.93. The maximum Gasteiger partial charge on any atom is 0.252 e. The van der Waals surface area contributed by atoms with Crippen molar-refractivity contribution < 1.29 is 13.6 Å². The SMILES string of the molecule is O=C(NC1CC(F)(F)C1)C(Nc1ccccc1)c1ccccc1Cl. The third-order valence-electron chi connectivity index (χ3n) is 4.00. The molecule has 2 aromatic rings. The van der Waals surface area contributed by atoms with Gasteiger partial charge in [-0.2, -0.15) is 0 Å². The van der Waals surface area contributed by atoms with E-state index in [0.29, 0.717) is 10.6 Å². The molecule has 0 heterocycles. The Hall–Kier alpha value is -2.14. The summed E-state index contributed by atoms with van der Waals surface area (Å²) in [6.45, 7) is 0. The highest BCUT2D eigenvalue weighted by Crippen LogP contribution is 2.38. The number of benzene rings is 2. The van der Waals surface area contributed by atoms with E-state index in [1.807, 2.05) is 30.3 Å². The van der Waals surface area contributed by atoms with Crippen LogP contribution in [0.15, 0.2) is 54.6 Å². The number of rotatable bonds is 5. The number of para-hydroxylation sites is 1. The van der Waals surface area contributed by atoms with E-state index in [9.17, 15) is 13.6 Å². The van der Waals surface area contributed by atoms with E-state index >= 15 is 0 Å². The fourth-order valence-electron chi connectivity index (χ4n) is 2.74. The van der Waals surface area contributed by atoms with Crippen LogP contribution in [-0.4, -0.2) is 17.9 Å². The van der Waals surface area contributed by atoms with Crippen LogP contribution in [0, 0.1) is 0 Å². The summed E-state index contributed by atoms with van der Waals surface area (Å²) in [6.07, 6.45) is -0.640. The minimum absolute atomic E-state index is 0.320. The van der Waals surface area contributed by atoms with Gasteiger partial charge in [-0.15, -0.1) is 0 Å². The van der Waals surface area contributed by atoms with Crippen LogP contribution in [0.5, 0.6) is 0 Å². The van der Waals surface area contributed by atoms with Crippen LogP contribution in [-0.2, 0) is 4.79 Å². The first kappa shape index (κ1) is 16.7. The zero-order chi connectivity index (χ0) is 17.2. The van der Waals surface area contributed by atoms with Gasteiger partial charge in [0.2, 0.25) is 5.91 Å². The molecule has 1 fully saturated rings. The van der Waals surface area contributed by atoms with Gasteiger partial charge in [-0.1, -0.05) is 48.0 Å². The number of halogens is 3. The van der Waals surface area contributed by atoms with Gasteiger partial charge >= 0.3 is 0 Å². The fourth-order valence-corrected chi connectivity index (χ4v) is 2.99. The van der Waals surface area contributed by atoms with Crippen LogP contribution in [0.25, 0.3) is 0 Å². The normalized spacial score (nSPS) is 17.6. The third kappa shape index (κ3) is 3.85. The molecule has 0 aliphatic heterocycles. The van der Waals surface area contributed by atoms with E-state index in [2.05, 4.69) is 10.6 Å². The molecule has 0 radical (unpaired) electrons. The van der Waals surface area contributed by atoms with E-state index in [0.717, 1.165) is 5.69 Å². The predicted octanol–water partition coefficient (Wildman–Crippen LogP) is 4.41. The number of anilines is 1. The van der Waals surface area contributed by atoms with Crippen LogP contribution in [0.3, 0.4) is 0 Å². The Morgan fingerprint density at radius 1 is 1.08 bits per heavy atom. The lowest BCUT2D eigenvalue weighted by molar-refractivity contribution is -0.130. The Kier molecular flexibility index (Phi) is 4.71. The minimum atomic E-state index is -2.68. The van der Waals surface area contributed by atoms with Gasteiger partial charge in [0.15, 0.2) is 0 Å². The fraction of sp³-hybridized carbons (Fsp3) is 0.278. The highest BCUT2D eigenvalue weighted by molar-refractivity contribution is 6.31. The molecule has 126 valence electrons. The smallest absolute Gasteiger partial charge is 0.252 e. The molecule has 0 bridgehead atoms. The molecule has 24 heavy (non-hydrogen) atoms. The Labute approximate surface area is 144 Å². The Morgan fingerprint density at radius 2 is 1.71 bits per heavy atom. The molecular weight excluding hydrogens is 334 g/mol. The quantitative estimate of drug-likeness (QED) is 0.838. The first-order valence-corrected chi connectivity index (χ1v) is 8.07. The standard InChI is InChI=1S/C18H17ClF2N2O/c19-15-9-5-4-8-14(15)16(22-12-6-2-1-3-7-12)17(24)23-13-10-18(20,21)11-13/h1-9,13,16,22H,10-11H2,(H,23,24). The summed E-state index contributed by atoms with van der Waals surface area (Å²) >= 11 is 6.22. The van der Waals surface area contributed by atoms with Crippen LogP contribution in [0.2, 0.25) is 5.02 Å². The Morgan fingerprint density at radius 3 is 2.33 bits per heavy atom. The second kappa shape index (κ2) is 6.77. The van der Waals surface area contributed by atoms with E-state index in [-0.39, 0.29) is 18.7 Å². The molecule has 0 saturated heterocycles. The van der Waals surface area contributed by atoms with Gasteiger partial charge in [0.05, 0.1) is 0 Å². The van der Waals surface area contributed by atoms with Crippen molar-refractivity contribution >= 4 is 23.2 Å². The first-order chi connectivity index (χ1) is 11.4. The Balaban J connectivity index is 1.79. The zero-order valence-electron chi connectivity index (χ0n) is 12.8. The summed E-state index contributed by atoms with van der Waals surface area (Å²) in [6, 6.07) is 15.0. The molecule has 6 heteroatoms. The summed E-state index contributed by atoms with van der Waals surface area (Å²) in [4.78, 5) is 12.6. The molecule has 1 amide bonds. The lowest BCUT2D eigenvalue weighted by Crippen LogP contribution is -2.52. The maximum absolute atomic E-state index is 13.0. The average Bonchev–Trinajstić information content (AvgIpc) is 2.52.